The van der Waals surface area contributed by atoms with Gasteiger partial charge in [-0.1, -0.05) is 59.6 Å². The van der Waals surface area contributed by atoms with Crippen molar-refractivity contribution in [1.82, 2.24) is 5.32 Å². The number of alkyl halides is 3. The lowest BCUT2D eigenvalue weighted by molar-refractivity contribution is -0.137. The smallest absolute Gasteiger partial charge is 0.488 e. The molecule has 4 N–H and O–H groups in total. The van der Waals surface area contributed by atoms with Gasteiger partial charge < -0.3 is 25.4 Å². The SMILES string of the molecule is CC1(c2ccc(B(O)O)cc2)C(=NCc2ccc(C(F)(F)F)cc2)NC(=S)N1c1cc(Cl)c(O)c(Cl)c1. The number of thiocarbonyl (C=S) groups is 1. The van der Waals surface area contributed by atoms with Crippen LogP contribution in [0.5, 0.6) is 5.75 Å². The molecule has 6 nitrogen and oxygen atoms in total. The first kappa shape index (κ1) is 27.2. The number of nitrogens with zero attached hydrogens (tertiary/aromatic N) is 2. The quantitative estimate of drug-likeness (QED) is 0.266. The molecule has 192 valence electrons. The second-order valence-corrected chi connectivity index (χ2v) is 9.65. The molecule has 0 amide bonds. The fourth-order valence-corrected chi connectivity index (χ4v) is 4.91. The molecule has 4 rings (SSSR count). The van der Waals surface area contributed by atoms with Crippen molar-refractivity contribution < 1.29 is 28.3 Å². The zero-order chi connectivity index (χ0) is 27.1. The summed E-state index contributed by atoms with van der Waals surface area (Å²) in [5.74, 6) is 0.0966. The summed E-state index contributed by atoms with van der Waals surface area (Å²) in [5, 5.41) is 32.3. The van der Waals surface area contributed by atoms with E-state index < -0.39 is 24.4 Å². The van der Waals surface area contributed by atoms with E-state index >= 15 is 0 Å². The number of aromatic hydroxyl groups is 1. The minimum Gasteiger partial charge on any atom is -0.505 e. The van der Waals surface area contributed by atoms with Crippen LogP contribution in [0.1, 0.15) is 23.6 Å². The zero-order valence-electron chi connectivity index (χ0n) is 19.1. The Bertz CT molecular complexity index is 1350. The van der Waals surface area contributed by atoms with E-state index in [1.54, 1.807) is 17.0 Å². The molecule has 1 aliphatic heterocycles. The minimum atomic E-state index is -4.44. The fraction of sp³-hybridized carbons (Fsp3) is 0.167. The summed E-state index contributed by atoms with van der Waals surface area (Å²) in [5.41, 5.74) is 0.0581. The van der Waals surface area contributed by atoms with Crippen LogP contribution in [0, 0.1) is 0 Å². The predicted octanol–water partition coefficient (Wildman–Crippen LogP) is 4.61. The number of hydrogen-bond donors (Lipinski definition) is 4. The van der Waals surface area contributed by atoms with Crippen molar-refractivity contribution in [3.05, 3.63) is 87.4 Å². The lowest BCUT2D eigenvalue weighted by Gasteiger charge is -2.35. The molecular formula is C24H19BCl2F3N3O3S. The maximum absolute atomic E-state index is 12.9. The van der Waals surface area contributed by atoms with Gasteiger partial charge in [0.1, 0.15) is 11.4 Å². The molecule has 1 saturated heterocycles. The molecule has 0 radical (unpaired) electrons. The Balaban J connectivity index is 1.79. The van der Waals surface area contributed by atoms with E-state index in [-0.39, 0.29) is 32.9 Å². The summed E-state index contributed by atoms with van der Waals surface area (Å²) in [4.78, 5) is 6.33. The number of rotatable bonds is 5. The molecule has 3 aromatic carbocycles. The van der Waals surface area contributed by atoms with Crippen LogP contribution in [0.25, 0.3) is 0 Å². The number of benzene rings is 3. The molecule has 1 aliphatic rings. The van der Waals surface area contributed by atoms with E-state index in [0.717, 1.165) is 12.1 Å². The van der Waals surface area contributed by atoms with Gasteiger partial charge in [-0.3, -0.25) is 4.99 Å². The van der Waals surface area contributed by atoms with Crippen molar-refractivity contribution in [2.75, 3.05) is 4.90 Å². The first-order chi connectivity index (χ1) is 17.3. The fourth-order valence-electron chi connectivity index (χ4n) is 4.05. The van der Waals surface area contributed by atoms with Crippen molar-refractivity contribution in [3.63, 3.8) is 0 Å². The van der Waals surface area contributed by atoms with E-state index in [0.29, 0.717) is 22.6 Å². The number of nitrogens with one attached hydrogen (secondary N) is 1. The lowest BCUT2D eigenvalue weighted by Crippen LogP contribution is -2.45. The number of aliphatic imine (C=N–C) groups is 1. The molecule has 3 aromatic rings. The number of anilines is 1. The van der Waals surface area contributed by atoms with E-state index in [1.165, 1.54) is 36.4 Å². The largest absolute Gasteiger partial charge is 0.505 e. The van der Waals surface area contributed by atoms with E-state index in [1.807, 2.05) is 6.92 Å². The van der Waals surface area contributed by atoms with Crippen molar-refractivity contribution >= 4 is 64.6 Å². The van der Waals surface area contributed by atoms with Crippen LogP contribution in [0.15, 0.2) is 65.7 Å². The van der Waals surface area contributed by atoms with Gasteiger partial charge in [0.25, 0.3) is 0 Å². The van der Waals surface area contributed by atoms with Crippen molar-refractivity contribution in [3.8, 4) is 5.75 Å². The van der Waals surface area contributed by atoms with Crippen LogP contribution >= 0.6 is 35.4 Å². The van der Waals surface area contributed by atoms with Crippen LogP contribution < -0.4 is 15.7 Å². The van der Waals surface area contributed by atoms with E-state index in [9.17, 15) is 28.3 Å². The highest BCUT2D eigenvalue weighted by molar-refractivity contribution is 7.80. The maximum Gasteiger partial charge on any atom is 0.488 e. The van der Waals surface area contributed by atoms with Gasteiger partial charge in [-0.05, 0) is 60.0 Å². The Kier molecular flexibility index (Phi) is 7.46. The third kappa shape index (κ3) is 5.28. The first-order valence-corrected chi connectivity index (χ1v) is 12.0. The summed E-state index contributed by atoms with van der Waals surface area (Å²) in [7, 11) is -1.66. The summed E-state index contributed by atoms with van der Waals surface area (Å²) in [6.45, 7) is 1.86. The molecule has 1 unspecified atom stereocenters. The lowest BCUT2D eigenvalue weighted by atomic mass is 9.78. The predicted molar refractivity (Wildman–Crippen MR) is 143 cm³/mol. The number of hydrogen-bond acceptors (Lipinski definition) is 5. The van der Waals surface area contributed by atoms with Gasteiger partial charge in [-0.15, -0.1) is 0 Å². The highest BCUT2D eigenvalue weighted by Gasteiger charge is 2.48. The Morgan fingerprint density at radius 2 is 1.59 bits per heavy atom. The number of phenolic OH excluding ortho intramolecular Hbond substituents is 1. The van der Waals surface area contributed by atoms with Crippen molar-refractivity contribution in [2.24, 2.45) is 4.99 Å². The molecule has 0 saturated carbocycles. The van der Waals surface area contributed by atoms with Gasteiger partial charge in [0.05, 0.1) is 22.2 Å². The van der Waals surface area contributed by atoms with Crippen molar-refractivity contribution in [2.45, 2.75) is 25.2 Å². The molecule has 13 heteroatoms. The topological polar surface area (TPSA) is 88.3 Å². The second kappa shape index (κ2) is 10.1. The first-order valence-electron chi connectivity index (χ1n) is 10.8. The molecule has 0 bridgehead atoms. The molecule has 0 spiro atoms. The number of phenols is 1. The minimum absolute atomic E-state index is 0.00143. The average Bonchev–Trinajstić information content (AvgIpc) is 3.10. The van der Waals surface area contributed by atoms with Crippen molar-refractivity contribution in [1.29, 1.82) is 0 Å². The van der Waals surface area contributed by atoms with Gasteiger partial charge in [0, 0.05) is 5.69 Å². The Labute approximate surface area is 226 Å². The summed E-state index contributed by atoms with van der Waals surface area (Å²) in [6.07, 6.45) is -4.44. The molecule has 1 heterocycles. The average molecular weight is 568 g/mol. The Hall–Kier alpha value is -2.83. The van der Waals surface area contributed by atoms with Crippen LogP contribution in [0.4, 0.5) is 18.9 Å². The molecule has 0 aromatic heterocycles. The highest BCUT2D eigenvalue weighted by atomic mass is 35.5. The van der Waals surface area contributed by atoms with Gasteiger partial charge in [-0.25, -0.2) is 0 Å². The Morgan fingerprint density at radius 3 is 2.11 bits per heavy atom. The van der Waals surface area contributed by atoms with Crippen LogP contribution in [-0.2, 0) is 18.3 Å². The number of amidine groups is 1. The van der Waals surface area contributed by atoms with Gasteiger partial charge in [0.2, 0.25) is 0 Å². The molecule has 37 heavy (non-hydrogen) atoms. The highest BCUT2D eigenvalue weighted by Crippen LogP contribution is 2.43. The van der Waals surface area contributed by atoms with Gasteiger partial charge in [-0.2, -0.15) is 13.2 Å². The second-order valence-electron chi connectivity index (χ2n) is 8.45. The van der Waals surface area contributed by atoms with Gasteiger partial charge in [0.15, 0.2) is 10.9 Å². The molecular weight excluding hydrogens is 549 g/mol. The van der Waals surface area contributed by atoms with Crippen LogP contribution in [0.2, 0.25) is 10.0 Å². The zero-order valence-corrected chi connectivity index (χ0v) is 21.4. The summed E-state index contributed by atoms with van der Waals surface area (Å²) < 4.78 is 38.8. The standard InChI is InChI=1S/C24H19BCl2F3N3O3S/c1-23(14-6-8-16(9-7-14)25(35)36)21(31-12-13-2-4-15(5-3-13)24(28,29)30)32-22(37)33(23)17-10-18(26)20(34)19(27)11-17/h2-11,34-36H,12H2,1H3,(H,31,32,37). The van der Waals surface area contributed by atoms with Crippen LogP contribution in [0.3, 0.4) is 0 Å². The number of halogens is 5. The normalized spacial score (nSPS) is 18.9. The summed E-state index contributed by atoms with van der Waals surface area (Å²) >= 11 is 17.9. The third-order valence-corrected chi connectivity index (χ3v) is 6.93. The van der Waals surface area contributed by atoms with E-state index in [2.05, 4.69) is 10.3 Å². The van der Waals surface area contributed by atoms with E-state index in [4.69, 9.17) is 35.4 Å². The Morgan fingerprint density at radius 1 is 1.03 bits per heavy atom. The third-order valence-electron chi connectivity index (χ3n) is 6.07. The molecule has 0 aliphatic carbocycles. The maximum atomic E-state index is 12.9. The monoisotopic (exact) mass is 567 g/mol. The molecule has 1 atom stereocenters. The van der Waals surface area contributed by atoms with Gasteiger partial charge >= 0.3 is 13.3 Å². The molecule has 1 fully saturated rings. The van der Waals surface area contributed by atoms with Crippen LogP contribution in [-0.4, -0.2) is 33.2 Å². The summed E-state index contributed by atoms with van der Waals surface area (Å²) in [6, 6.07) is 14.1.